The van der Waals surface area contributed by atoms with Gasteiger partial charge in [-0.05, 0) is 19.9 Å². The Morgan fingerprint density at radius 2 is 2.06 bits per heavy atom. The molecule has 5 nitrogen and oxygen atoms in total. The van der Waals surface area contributed by atoms with Crippen LogP contribution in [-0.2, 0) is 4.74 Å². The minimum atomic E-state index is 0.121. The molecule has 0 spiro atoms. The van der Waals surface area contributed by atoms with Crippen LogP contribution in [0.15, 0.2) is 12.4 Å². The van der Waals surface area contributed by atoms with Gasteiger partial charge in [0, 0.05) is 25.6 Å². The molecule has 1 unspecified atom stereocenters. The summed E-state index contributed by atoms with van der Waals surface area (Å²) < 4.78 is 10.6. The van der Waals surface area contributed by atoms with Crippen LogP contribution in [0.2, 0.25) is 0 Å². The van der Waals surface area contributed by atoms with E-state index in [4.69, 9.17) is 9.47 Å². The molecule has 0 aliphatic carbocycles. The lowest BCUT2D eigenvalue weighted by atomic mass is 10.1. The minimum absolute atomic E-state index is 0.121. The lowest BCUT2D eigenvalue weighted by molar-refractivity contribution is 0.135. The Kier molecular flexibility index (Phi) is 6.50. The molecule has 0 bridgehead atoms. The van der Waals surface area contributed by atoms with Crippen LogP contribution in [0.25, 0.3) is 0 Å². The largest absolute Gasteiger partial charge is 0.480 e. The summed E-state index contributed by atoms with van der Waals surface area (Å²) in [5, 5.41) is 3.37. The predicted molar refractivity (Wildman–Crippen MR) is 66.1 cm³/mol. The highest BCUT2D eigenvalue weighted by Crippen LogP contribution is 2.22. The maximum absolute atomic E-state index is 5.38. The molecule has 0 aliphatic heterocycles. The summed E-state index contributed by atoms with van der Waals surface area (Å²) in [6.07, 6.45) is 4.17. The first-order chi connectivity index (χ1) is 8.33. The zero-order valence-corrected chi connectivity index (χ0v) is 10.8. The summed E-state index contributed by atoms with van der Waals surface area (Å²) >= 11 is 0. The van der Waals surface area contributed by atoms with Gasteiger partial charge in [-0.1, -0.05) is 6.92 Å². The Bertz CT molecular complexity index is 320. The second-order valence-corrected chi connectivity index (χ2v) is 3.55. The Labute approximate surface area is 103 Å². The van der Waals surface area contributed by atoms with Crippen LogP contribution in [0.1, 0.15) is 32.0 Å². The molecule has 0 aromatic carbocycles. The van der Waals surface area contributed by atoms with Crippen molar-refractivity contribution in [3.8, 4) is 5.88 Å². The van der Waals surface area contributed by atoms with E-state index >= 15 is 0 Å². The van der Waals surface area contributed by atoms with Crippen LogP contribution in [0, 0.1) is 0 Å². The summed E-state index contributed by atoms with van der Waals surface area (Å²) in [4.78, 5) is 8.50. The van der Waals surface area contributed by atoms with Crippen molar-refractivity contribution in [3.05, 3.63) is 18.1 Å². The summed E-state index contributed by atoms with van der Waals surface area (Å²) in [6.45, 7) is 6.36. The summed E-state index contributed by atoms with van der Waals surface area (Å²) in [7, 11) is 1.61. The van der Waals surface area contributed by atoms with Gasteiger partial charge in [-0.2, -0.15) is 0 Å². The lowest BCUT2D eigenvalue weighted by Crippen LogP contribution is -2.24. The van der Waals surface area contributed by atoms with Gasteiger partial charge in [-0.15, -0.1) is 0 Å². The third-order valence-corrected chi connectivity index (χ3v) is 2.42. The molecule has 17 heavy (non-hydrogen) atoms. The van der Waals surface area contributed by atoms with E-state index in [0.717, 1.165) is 25.3 Å². The van der Waals surface area contributed by atoms with Gasteiger partial charge >= 0.3 is 0 Å². The van der Waals surface area contributed by atoms with Crippen molar-refractivity contribution in [1.82, 2.24) is 15.3 Å². The lowest BCUT2D eigenvalue weighted by Gasteiger charge is -2.18. The summed E-state index contributed by atoms with van der Waals surface area (Å²) in [6, 6.07) is 0.121. The maximum atomic E-state index is 5.38. The first-order valence-electron chi connectivity index (χ1n) is 5.99. The number of rotatable bonds is 8. The molecular weight excluding hydrogens is 218 g/mol. The molecule has 1 heterocycles. The molecule has 1 N–H and O–H groups in total. The number of nitrogens with zero attached hydrogens (tertiary/aromatic N) is 2. The third-order valence-electron chi connectivity index (χ3n) is 2.42. The van der Waals surface area contributed by atoms with Crippen molar-refractivity contribution in [1.29, 1.82) is 0 Å². The Hall–Kier alpha value is -1.20. The van der Waals surface area contributed by atoms with Crippen LogP contribution < -0.4 is 10.1 Å². The standard InChI is InChI=1S/C12H21N3O2/c1-4-13-10(6-9-17-5-2)11-12(16-3)15-8-7-14-11/h7-8,10,13H,4-6,9H2,1-3H3. The van der Waals surface area contributed by atoms with Crippen molar-refractivity contribution in [3.63, 3.8) is 0 Å². The molecule has 0 saturated heterocycles. The number of aromatic nitrogens is 2. The second kappa shape index (κ2) is 7.97. The van der Waals surface area contributed by atoms with Crippen LogP contribution in [0.4, 0.5) is 0 Å². The molecule has 0 aliphatic rings. The molecule has 1 atom stereocenters. The van der Waals surface area contributed by atoms with Crippen LogP contribution >= 0.6 is 0 Å². The molecule has 1 aromatic rings. The predicted octanol–water partition coefficient (Wildman–Crippen LogP) is 1.56. The normalized spacial score (nSPS) is 12.4. The molecule has 1 rings (SSSR count). The number of hydrogen-bond donors (Lipinski definition) is 1. The van der Waals surface area contributed by atoms with Crippen molar-refractivity contribution < 1.29 is 9.47 Å². The van der Waals surface area contributed by atoms with E-state index in [1.807, 2.05) is 6.92 Å². The second-order valence-electron chi connectivity index (χ2n) is 3.55. The Balaban J connectivity index is 2.73. The average Bonchev–Trinajstić information content (AvgIpc) is 2.38. The first-order valence-corrected chi connectivity index (χ1v) is 5.99. The molecule has 0 saturated carbocycles. The van der Waals surface area contributed by atoms with Gasteiger partial charge in [0.1, 0.15) is 5.69 Å². The van der Waals surface area contributed by atoms with E-state index in [-0.39, 0.29) is 6.04 Å². The minimum Gasteiger partial charge on any atom is -0.480 e. The van der Waals surface area contributed by atoms with Gasteiger partial charge < -0.3 is 14.8 Å². The van der Waals surface area contributed by atoms with Gasteiger partial charge in [-0.3, -0.25) is 4.98 Å². The van der Waals surface area contributed by atoms with Gasteiger partial charge in [0.2, 0.25) is 5.88 Å². The fraction of sp³-hybridized carbons (Fsp3) is 0.667. The quantitative estimate of drug-likeness (QED) is 0.698. The number of ether oxygens (including phenoxy) is 2. The van der Waals surface area contributed by atoms with Gasteiger partial charge in [0.15, 0.2) is 0 Å². The van der Waals surface area contributed by atoms with Gasteiger partial charge in [-0.25, -0.2) is 4.98 Å². The maximum Gasteiger partial charge on any atom is 0.236 e. The number of nitrogens with one attached hydrogen (secondary N) is 1. The Morgan fingerprint density at radius 3 is 2.71 bits per heavy atom. The van der Waals surface area contributed by atoms with E-state index in [9.17, 15) is 0 Å². The molecule has 96 valence electrons. The number of methoxy groups -OCH3 is 1. The molecule has 0 amide bonds. The summed E-state index contributed by atoms with van der Waals surface area (Å²) in [5.41, 5.74) is 0.844. The van der Waals surface area contributed by atoms with Crippen LogP contribution in [0.5, 0.6) is 5.88 Å². The summed E-state index contributed by atoms with van der Waals surface area (Å²) in [5.74, 6) is 0.579. The molecule has 5 heteroatoms. The topological polar surface area (TPSA) is 56.3 Å². The molecular formula is C12H21N3O2. The molecule has 0 radical (unpaired) electrons. The molecule has 0 fully saturated rings. The van der Waals surface area contributed by atoms with E-state index < -0.39 is 0 Å². The first kappa shape index (κ1) is 13.9. The zero-order valence-electron chi connectivity index (χ0n) is 10.8. The monoisotopic (exact) mass is 239 g/mol. The van der Waals surface area contributed by atoms with Crippen LogP contribution in [0.3, 0.4) is 0 Å². The van der Waals surface area contributed by atoms with E-state index in [2.05, 4.69) is 22.2 Å². The third kappa shape index (κ3) is 4.28. The van der Waals surface area contributed by atoms with E-state index in [1.165, 1.54) is 0 Å². The van der Waals surface area contributed by atoms with E-state index in [0.29, 0.717) is 12.5 Å². The van der Waals surface area contributed by atoms with Crippen molar-refractivity contribution >= 4 is 0 Å². The highest BCUT2D eigenvalue weighted by Gasteiger charge is 2.17. The highest BCUT2D eigenvalue weighted by atomic mass is 16.5. The van der Waals surface area contributed by atoms with Crippen molar-refractivity contribution in [2.75, 3.05) is 26.9 Å². The van der Waals surface area contributed by atoms with Gasteiger partial charge in [0.05, 0.1) is 13.2 Å². The van der Waals surface area contributed by atoms with Crippen molar-refractivity contribution in [2.24, 2.45) is 0 Å². The highest BCUT2D eigenvalue weighted by molar-refractivity contribution is 5.21. The van der Waals surface area contributed by atoms with Crippen molar-refractivity contribution in [2.45, 2.75) is 26.3 Å². The fourth-order valence-electron chi connectivity index (χ4n) is 1.66. The van der Waals surface area contributed by atoms with Crippen LogP contribution in [-0.4, -0.2) is 36.8 Å². The average molecular weight is 239 g/mol. The smallest absolute Gasteiger partial charge is 0.236 e. The SMILES string of the molecule is CCNC(CCOCC)c1nccnc1OC. The Morgan fingerprint density at radius 1 is 1.29 bits per heavy atom. The van der Waals surface area contributed by atoms with Gasteiger partial charge in [0.25, 0.3) is 0 Å². The molecule has 1 aromatic heterocycles. The zero-order chi connectivity index (χ0) is 12.5. The number of hydrogen-bond acceptors (Lipinski definition) is 5. The fourth-order valence-corrected chi connectivity index (χ4v) is 1.66. The van der Waals surface area contributed by atoms with E-state index in [1.54, 1.807) is 19.5 Å².